The second kappa shape index (κ2) is 7.79. The molecule has 0 radical (unpaired) electrons. The molecule has 1 saturated heterocycles. The van der Waals surface area contributed by atoms with Crippen LogP contribution in [-0.4, -0.2) is 38.7 Å². The summed E-state index contributed by atoms with van der Waals surface area (Å²) >= 11 is 6.06. The smallest absolute Gasteiger partial charge is 0.298 e. The van der Waals surface area contributed by atoms with E-state index in [-0.39, 0.29) is 12.3 Å². The van der Waals surface area contributed by atoms with Crippen molar-refractivity contribution in [3.63, 3.8) is 0 Å². The summed E-state index contributed by atoms with van der Waals surface area (Å²) in [5.74, 6) is 1.16. The summed E-state index contributed by atoms with van der Waals surface area (Å²) in [6.45, 7) is 4.46. The van der Waals surface area contributed by atoms with Crippen LogP contribution in [0.2, 0.25) is 5.02 Å². The van der Waals surface area contributed by atoms with Crippen molar-refractivity contribution >= 4 is 34.6 Å². The van der Waals surface area contributed by atoms with E-state index in [9.17, 15) is 4.79 Å². The largest absolute Gasteiger partial charge is 0.423 e. The third kappa shape index (κ3) is 3.82. The molecule has 3 heterocycles. The molecule has 0 spiro atoms. The standard InChI is InChI=1S/C19H23ClN6O2/c1-2-7-26-18(23-17(24-26)10-16(21)27)12-4-3-8-25(11-12)19-22-14-9-13(20)5-6-15(14)28-19/h5-6,9,12H,2-4,7-8,10-11H2,1H3,(H2,21,27). The molecule has 0 saturated carbocycles. The van der Waals surface area contributed by atoms with Crippen LogP contribution >= 0.6 is 11.6 Å². The van der Waals surface area contributed by atoms with Gasteiger partial charge in [0, 0.05) is 30.6 Å². The van der Waals surface area contributed by atoms with E-state index in [1.807, 2.05) is 10.7 Å². The lowest BCUT2D eigenvalue weighted by molar-refractivity contribution is -0.117. The van der Waals surface area contributed by atoms with Gasteiger partial charge in [0.1, 0.15) is 11.3 Å². The average Bonchev–Trinajstić information content (AvgIpc) is 3.25. The number of benzene rings is 1. The predicted molar refractivity (Wildman–Crippen MR) is 106 cm³/mol. The lowest BCUT2D eigenvalue weighted by Gasteiger charge is -2.31. The zero-order valence-electron chi connectivity index (χ0n) is 15.8. The maximum atomic E-state index is 11.3. The first-order chi connectivity index (χ1) is 13.5. The Morgan fingerprint density at radius 1 is 1.39 bits per heavy atom. The van der Waals surface area contributed by atoms with E-state index < -0.39 is 5.91 Å². The Kier molecular flexibility index (Phi) is 5.21. The van der Waals surface area contributed by atoms with Crippen LogP contribution in [0.1, 0.15) is 43.8 Å². The van der Waals surface area contributed by atoms with Crippen molar-refractivity contribution in [2.75, 3.05) is 18.0 Å². The number of hydrogen-bond acceptors (Lipinski definition) is 6. The lowest BCUT2D eigenvalue weighted by atomic mass is 9.97. The van der Waals surface area contributed by atoms with Crippen LogP contribution in [0.3, 0.4) is 0 Å². The number of primary amides is 1. The molecule has 1 unspecified atom stereocenters. The summed E-state index contributed by atoms with van der Waals surface area (Å²) in [4.78, 5) is 22.6. The molecule has 0 bridgehead atoms. The zero-order chi connectivity index (χ0) is 19.7. The number of rotatable bonds is 6. The third-order valence-electron chi connectivity index (χ3n) is 4.91. The van der Waals surface area contributed by atoms with E-state index in [4.69, 9.17) is 21.8 Å². The van der Waals surface area contributed by atoms with Crippen molar-refractivity contribution < 1.29 is 9.21 Å². The van der Waals surface area contributed by atoms with Crippen LogP contribution in [-0.2, 0) is 17.8 Å². The summed E-state index contributed by atoms with van der Waals surface area (Å²) in [6, 6.07) is 6.04. The second-order valence-electron chi connectivity index (χ2n) is 7.15. The Balaban J connectivity index is 1.59. The van der Waals surface area contributed by atoms with Gasteiger partial charge in [-0.2, -0.15) is 10.1 Å². The molecule has 2 N–H and O–H groups in total. The fraction of sp³-hybridized carbons (Fsp3) is 0.474. The molecule has 1 atom stereocenters. The fourth-order valence-electron chi connectivity index (χ4n) is 3.70. The van der Waals surface area contributed by atoms with Crippen LogP contribution in [0.4, 0.5) is 6.01 Å². The highest BCUT2D eigenvalue weighted by molar-refractivity contribution is 6.31. The van der Waals surface area contributed by atoms with Crippen molar-refractivity contribution in [3.8, 4) is 0 Å². The topological polar surface area (TPSA) is 103 Å². The van der Waals surface area contributed by atoms with Gasteiger partial charge >= 0.3 is 0 Å². The first-order valence-corrected chi connectivity index (χ1v) is 9.94. The van der Waals surface area contributed by atoms with Gasteiger partial charge in [0.2, 0.25) is 5.91 Å². The van der Waals surface area contributed by atoms with Crippen LogP contribution in [0, 0.1) is 0 Å². The first-order valence-electron chi connectivity index (χ1n) is 9.56. The van der Waals surface area contributed by atoms with Gasteiger partial charge in [0.25, 0.3) is 6.01 Å². The maximum Gasteiger partial charge on any atom is 0.298 e. The highest BCUT2D eigenvalue weighted by Crippen LogP contribution is 2.31. The van der Waals surface area contributed by atoms with Gasteiger partial charge in [-0.25, -0.2) is 9.67 Å². The molecule has 0 aliphatic carbocycles. The molecular weight excluding hydrogens is 380 g/mol. The summed E-state index contributed by atoms with van der Waals surface area (Å²) < 4.78 is 7.85. The van der Waals surface area contributed by atoms with Gasteiger partial charge in [-0.05, 0) is 37.5 Å². The monoisotopic (exact) mass is 402 g/mol. The van der Waals surface area contributed by atoms with E-state index in [2.05, 4.69) is 26.9 Å². The van der Waals surface area contributed by atoms with Crippen LogP contribution in [0.5, 0.6) is 0 Å². The van der Waals surface area contributed by atoms with Crippen molar-refractivity contribution in [1.29, 1.82) is 0 Å². The minimum atomic E-state index is -0.421. The van der Waals surface area contributed by atoms with E-state index in [1.54, 1.807) is 12.1 Å². The van der Waals surface area contributed by atoms with Gasteiger partial charge in [0.05, 0.1) is 6.42 Å². The Bertz CT molecular complexity index is 998. The molecule has 1 amide bonds. The number of carbonyl (C=O) groups excluding carboxylic acids is 1. The molecule has 1 aromatic carbocycles. The van der Waals surface area contributed by atoms with Gasteiger partial charge in [0.15, 0.2) is 11.4 Å². The Hall–Kier alpha value is -2.61. The van der Waals surface area contributed by atoms with Gasteiger partial charge in [-0.3, -0.25) is 4.79 Å². The minimum absolute atomic E-state index is 0.0615. The van der Waals surface area contributed by atoms with Crippen molar-refractivity contribution in [2.45, 2.75) is 45.1 Å². The lowest BCUT2D eigenvalue weighted by Crippen LogP contribution is -2.35. The van der Waals surface area contributed by atoms with E-state index >= 15 is 0 Å². The molecule has 2 aromatic heterocycles. The third-order valence-corrected chi connectivity index (χ3v) is 5.14. The highest BCUT2D eigenvalue weighted by atomic mass is 35.5. The number of nitrogens with zero attached hydrogens (tertiary/aromatic N) is 5. The van der Waals surface area contributed by atoms with Crippen molar-refractivity contribution in [2.24, 2.45) is 5.73 Å². The number of anilines is 1. The Morgan fingerprint density at radius 3 is 3.04 bits per heavy atom. The highest BCUT2D eigenvalue weighted by Gasteiger charge is 2.28. The van der Waals surface area contributed by atoms with Gasteiger partial charge in [-0.15, -0.1) is 0 Å². The van der Waals surface area contributed by atoms with Crippen LogP contribution in [0.25, 0.3) is 11.1 Å². The van der Waals surface area contributed by atoms with E-state index in [1.165, 1.54) is 0 Å². The summed E-state index contributed by atoms with van der Waals surface area (Å²) in [5, 5.41) is 5.13. The molecule has 4 rings (SSSR count). The Morgan fingerprint density at radius 2 is 2.25 bits per heavy atom. The number of carbonyl (C=O) groups is 1. The van der Waals surface area contributed by atoms with Crippen LogP contribution in [0.15, 0.2) is 22.6 Å². The molecule has 1 fully saturated rings. The number of fused-ring (bicyclic) bond motifs is 1. The molecule has 8 nitrogen and oxygen atoms in total. The average molecular weight is 403 g/mol. The normalized spacial score (nSPS) is 17.4. The predicted octanol–water partition coefficient (Wildman–Crippen LogP) is 2.89. The minimum Gasteiger partial charge on any atom is -0.423 e. The number of hydrogen-bond donors (Lipinski definition) is 1. The first kappa shape index (κ1) is 18.7. The summed E-state index contributed by atoms with van der Waals surface area (Å²) in [5.41, 5.74) is 6.79. The SMILES string of the molecule is CCCn1nc(CC(N)=O)nc1C1CCCN(c2nc3cc(Cl)ccc3o2)C1. The zero-order valence-corrected chi connectivity index (χ0v) is 16.5. The van der Waals surface area contributed by atoms with Gasteiger partial charge < -0.3 is 15.1 Å². The fourth-order valence-corrected chi connectivity index (χ4v) is 3.86. The summed E-state index contributed by atoms with van der Waals surface area (Å²) in [6.07, 6.45) is 3.00. The number of piperidine rings is 1. The number of amides is 1. The van der Waals surface area contributed by atoms with Crippen LogP contribution < -0.4 is 10.6 Å². The van der Waals surface area contributed by atoms with Gasteiger partial charge in [-0.1, -0.05) is 18.5 Å². The number of aryl methyl sites for hydroxylation is 1. The summed E-state index contributed by atoms with van der Waals surface area (Å²) in [7, 11) is 0. The molecule has 1 aliphatic rings. The van der Waals surface area contributed by atoms with Crippen molar-refractivity contribution in [3.05, 3.63) is 34.9 Å². The molecular formula is C19H23ClN6O2. The second-order valence-corrected chi connectivity index (χ2v) is 7.58. The van der Waals surface area contributed by atoms with E-state index in [0.29, 0.717) is 16.9 Å². The Labute approximate surface area is 167 Å². The maximum absolute atomic E-state index is 11.3. The number of halogens is 1. The molecule has 3 aromatic rings. The molecule has 148 valence electrons. The number of aromatic nitrogens is 4. The molecule has 1 aliphatic heterocycles. The van der Waals surface area contributed by atoms with E-state index in [0.717, 1.165) is 55.8 Å². The number of nitrogens with two attached hydrogens (primary N) is 1. The van der Waals surface area contributed by atoms with Crippen molar-refractivity contribution in [1.82, 2.24) is 19.7 Å². The number of oxazole rings is 1. The molecule has 28 heavy (non-hydrogen) atoms. The quantitative estimate of drug-likeness (QED) is 0.679. The molecule has 9 heteroatoms.